The van der Waals surface area contributed by atoms with Crippen molar-refractivity contribution in [3.8, 4) is 18.4 Å². The van der Waals surface area contributed by atoms with Crippen LogP contribution in [-0.4, -0.2) is 136 Å². The molecule has 3 unspecified atom stereocenters. The fourth-order valence-electron chi connectivity index (χ4n) is 5.76. The number of carbonyl (C=O) groups excluding carboxylic acids is 7. The van der Waals surface area contributed by atoms with Crippen molar-refractivity contribution >= 4 is 41.2 Å². The zero-order valence-electron chi connectivity index (χ0n) is 68.2. The molecule has 0 saturated carbocycles. The highest BCUT2D eigenvalue weighted by atomic mass is 19.1. The van der Waals surface area contributed by atoms with Gasteiger partial charge >= 0.3 is 30.0 Å². The quantitative estimate of drug-likeness (QED) is 0.0273. The summed E-state index contributed by atoms with van der Waals surface area (Å²) in [6.45, 7) is 75.4. The van der Waals surface area contributed by atoms with Crippen molar-refractivity contribution in [2.75, 3.05) is 39.6 Å². The molecule has 19 nitrogen and oxygen atoms in total. The Morgan fingerprint density at radius 2 is 1.07 bits per heavy atom. The van der Waals surface area contributed by atoms with Crippen molar-refractivity contribution in [3.63, 3.8) is 0 Å². The first-order valence-corrected chi connectivity index (χ1v) is 33.5. The molecule has 0 aromatic carbocycles. The van der Waals surface area contributed by atoms with Gasteiger partial charge in [-0.1, -0.05) is 190 Å². The molecule has 3 N–H and O–H groups in total. The number of carbonyl (C=O) groups is 7. The topological polar surface area (TPSA) is 285 Å². The number of rotatable bonds is 20. The molecule has 0 aliphatic heterocycles. The second kappa shape index (κ2) is 54.5. The molecule has 1 aromatic heterocycles. The van der Waals surface area contributed by atoms with E-state index in [1.807, 2.05) is 151 Å². The molecular formula is C80H135F2N3O16. The average molecular weight is 1430 g/mol. The number of hydrogen-bond donors (Lipinski definition) is 3. The summed E-state index contributed by atoms with van der Waals surface area (Å²) < 4.78 is 53.6. The molecule has 580 valence electrons. The minimum atomic E-state index is -0.855. The molecule has 0 amide bonds. The molecule has 0 saturated heterocycles. The Kier molecular flexibility index (Phi) is 59.3. The van der Waals surface area contributed by atoms with Crippen LogP contribution in [-0.2, 0) is 67.4 Å². The van der Waals surface area contributed by atoms with E-state index in [4.69, 9.17) is 35.4 Å². The van der Waals surface area contributed by atoms with E-state index in [0.717, 1.165) is 11.6 Å². The summed E-state index contributed by atoms with van der Waals surface area (Å²) in [6.07, 6.45) is 14.0. The highest BCUT2D eigenvalue weighted by Crippen LogP contribution is 2.26. The normalized spacial score (nSPS) is 12.4. The summed E-state index contributed by atoms with van der Waals surface area (Å²) in [5, 5.41) is 36.8. The van der Waals surface area contributed by atoms with E-state index in [1.165, 1.54) is 32.3 Å². The molecule has 0 aliphatic rings. The van der Waals surface area contributed by atoms with Crippen LogP contribution in [0.4, 0.5) is 8.78 Å². The summed E-state index contributed by atoms with van der Waals surface area (Å²) in [5.41, 5.74) is 0.672. The van der Waals surface area contributed by atoms with Crippen LogP contribution in [0.5, 0.6) is 0 Å². The molecule has 0 aliphatic carbocycles. The van der Waals surface area contributed by atoms with Crippen molar-refractivity contribution in [2.24, 2.45) is 32.5 Å². The summed E-state index contributed by atoms with van der Waals surface area (Å²) in [7, 11) is 0. The third-order valence-corrected chi connectivity index (χ3v) is 11.5. The summed E-state index contributed by atoms with van der Waals surface area (Å²) >= 11 is 0. The van der Waals surface area contributed by atoms with Crippen molar-refractivity contribution in [1.82, 2.24) is 9.97 Å². The van der Waals surface area contributed by atoms with E-state index in [2.05, 4.69) is 67.7 Å². The Balaban J connectivity index is -0.000000161. The molecule has 21 heteroatoms. The maximum absolute atomic E-state index is 12.3. The van der Waals surface area contributed by atoms with Crippen LogP contribution in [0.1, 0.15) is 240 Å². The zero-order chi connectivity index (χ0) is 82.1. The van der Waals surface area contributed by atoms with Gasteiger partial charge in [-0.2, -0.15) is 9.65 Å². The van der Waals surface area contributed by atoms with Crippen molar-refractivity contribution in [2.45, 2.75) is 270 Å². The average Bonchev–Trinajstić information content (AvgIpc) is 0.875. The van der Waals surface area contributed by atoms with Crippen LogP contribution in [0.2, 0.25) is 0 Å². The number of hydrogen-bond acceptors (Lipinski definition) is 19. The Morgan fingerprint density at radius 1 is 0.634 bits per heavy atom. The minimum absolute atomic E-state index is 0.00625. The van der Waals surface area contributed by atoms with Crippen LogP contribution in [0.15, 0.2) is 97.2 Å². The molecule has 3 atom stereocenters. The van der Waals surface area contributed by atoms with Gasteiger partial charge in [0.25, 0.3) is 0 Å². The van der Waals surface area contributed by atoms with Crippen LogP contribution >= 0.6 is 0 Å². The summed E-state index contributed by atoms with van der Waals surface area (Å²) in [6, 6.07) is 1.83. The Morgan fingerprint density at radius 3 is 1.36 bits per heavy atom. The summed E-state index contributed by atoms with van der Waals surface area (Å²) in [5.74, 6) is 0.269. The van der Waals surface area contributed by atoms with Gasteiger partial charge in [0.15, 0.2) is 17.3 Å². The molecule has 0 bridgehead atoms. The number of aliphatic hydroxyl groups excluding tert-OH is 3. The molecule has 1 heterocycles. The largest absolute Gasteiger partial charge is 0.463 e. The van der Waals surface area contributed by atoms with Crippen LogP contribution in [0, 0.1) is 62.2 Å². The number of nitriles is 1. The standard InChI is InChI=1S/2C10H18O3.C10H16O.2C9H16O3.C8H11FN2.C8H13FO.C8H13NO.C8H14O/c1-6-13-9(12)7(2)8(11)10(3,4)5;1-5-12-9(11)7-6-8-13-10(2,3)4;1-6-8(2)9(11)7-10(3,4)5;1-7(10)12-6-8(11)5-9(2,3)4;1-5-11-9(10)8(4)6-12-7(2)3;1-8(2,3)6-4-10-7(9)11-5-6;1-6(9)5-7(10)8(2,3)4;1-6(5-9)7(10)8(2,3)4;1-5-6-7(9)8(2,3)4/h8,11H,2,6H2,1,3-5H3;6-7H,5,8H2,1-4H3;1,9,11H,2,7H2,3-5H3;5-6H2,1-4H3;7H,4-6H2,1-3H3;4-5H,1-3H3;5H,1-4H3;7,10H,1H2,2-4H3;5-6H,1-4H3/b;7-6+;;;;;6-5-;;6-5+. The molecule has 1 aromatic rings. The van der Waals surface area contributed by atoms with E-state index in [9.17, 15) is 57.7 Å². The highest BCUT2D eigenvalue weighted by molar-refractivity contribution is 5.94. The van der Waals surface area contributed by atoms with E-state index in [0.29, 0.717) is 50.4 Å². The number of esters is 4. The van der Waals surface area contributed by atoms with Crippen molar-refractivity contribution in [3.05, 3.63) is 109 Å². The van der Waals surface area contributed by atoms with Crippen LogP contribution in [0.25, 0.3) is 0 Å². The van der Waals surface area contributed by atoms with Crippen molar-refractivity contribution < 1.29 is 86.1 Å². The number of ether oxygens (including phenoxy) is 6. The number of allylic oxidation sites excluding steroid dienone is 4. The van der Waals surface area contributed by atoms with Gasteiger partial charge in [0.2, 0.25) is 0 Å². The maximum Gasteiger partial charge on any atom is 0.336 e. The molecule has 0 spiro atoms. The smallest absolute Gasteiger partial charge is 0.336 e. The molecule has 101 heavy (non-hydrogen) atoms. The van der Waals surface area contributed by atoms with Gasteiger partial charge in [-0.3, -0.25) is 19.2 Å². The van der Waals surface area contributed by atoms with Gasteiger partial charge in [-0.25, -0.2) is 28.7 Å². The lowest BCUT2D eigenvalue weighted by molar-refractivity contribution is -0.146. The number of Topliss-reactive ketones (excluding diaryl/α,β-unsaturated/α-hetero) is 1. The number of aliphatic hydroxyl groups is 3. The second-order valence-corrected chi connectivity index (χ2v) is 31.6. The fraction of sp³-hybridized carbons (Fsp3) is 0.650. The number of terminal acetylenes is 1. The van der Waals surface area contributed by atoms with Gasteiger partial charge in [0, 0.05) is 54.3 Å². The number of aromatic nitrogens is 2. The predicted octanol–water partition coefficient (Wildman–Crippen LogP) is 16.5. The second-order valence-electron chi connectivity index (χ2n) is 31.6. The van der Waals surface area contributed by atoms with E-state index < -0.39 is 47.6 Å². The van der Waals surface area contributed by atoms with E-state index in [-0.39, 0.29) is 97.8 Å². The number of halogens is 2. The monoisotopic (exact) mass is 1430 g/mol. The third-order valence-electron chi connectivity index (χ3n) is 11.5. The van der Waals surface area contributed by atoms with Gasteiger partial charge in [0.1, 0.15) is 12.4 Å². The SMILES string of the molecule is C#CC(=C)C(O)CC(C)(C)C.C/C(F)=C/C(=O)C(C)(C)C.C/C=C/C(=O)C(C)(C)C.C=C(C#N)C(O)C(C)(C)C.C=C(C(=O)OCC)C(O)C(C)(C)C.C=C(COC(C)C)C(=O)OCC.CC(=O)OCC(=O)CC(C)(C)C.CC(C)(C)c1cnc(F)nc1.CCOC(=O)/C=C/COC(C)(C)C. The third kappa shape index (κ3) is 75.4. The fourth-order valence-corrected chi connectivity index (χ4v) is 5.76. The lowest BCUT2D eigenvalue weighted by Crippen LogP contribution is -2.31. The Labute approximate surface area is 609 Å². The first kappa shape index (κ1) is 110. The van der Waals surface area contributed by atoms with Gasteiger partial charge < -0.3 is 43.7 Å². The Bertz CT molecular complexity index is 2810. The van der Waals surface area contributed by atoms with Crippen LogP contribution in [0.3, 0.4) is 0 Å². The molecular weight excluding hydrogens is 1300 g/mol. The lowest BCUT2D eigenvalue weighted by atomic mass is 9.85. The minimum Gasteiger partial charge on any atom is -0.463 e. The maximum atomic E-state index is 12.3. The number of nitrogens with zero attached hydrogens (tertiary/aromatic N) is 3. The predicted molar refractivity (Wildman–Crippen MR) is 403 cm³/mol. The zero-order valence-corrected chi connectivity index (χ0v) is 68.2. The molecule has 1 rings (SSSR count). The summed E-state index contributed by atoms with van der Waals surface area (Å²) in [4.78, 5) is 83.2. The highest BCUT2D eigenvalue weighted by Gasteiger charge is 2.29. The van der Waals surface area contributed by atoms with Gasteiger partial charge in [-0.15, -0.1) is 6.42 Å². The number of ketones is 3. The lowest BCUT2D eigenvalue weighted by Gasteiger charge is -2.26. The first-order valence-electron chi connectivity index (χ1n) is 33.5. The van der Waals surface area contributed by atoms with E-state index >= 15 is 0 Å². The molecule has 0 fully saturated rings. The van der Waals surface area contributed by atoms with Gasteiger partial charge in [0.05, 0.1) is 85.8 Å². The first-order chi connectivity index (χ1) is 45.2. The van der Waals surface area contributed by atoms with Gasteiger partial charge in [-0.05, 0) is 114 Å². The van der Waals surface area contributed by atoms with E-state index in [1.54, 1.807) is 59.8 Å². The Hall–Kier alpha value is -7.14. The molecule has 0 radical (unpaired) electrons. The van der Waals surface area contributed by atoms with Crippen molar-refractivity contribution in [1.29, 1.82) is 5.26 Å². The van der Waals surface area contributed by atoms with Crippen LogP contribution < -0.4 is 0 Å².